The fourth-order valence-electron chi connectivity index (χ4n) is 1.06. The summed E-state index contributed by atoms with van der Waals surface area (Å²) in [6, 6.07) is 0.729. The molecule has 0 aliphatic heterocycles. The van der Waals surface area contributed by atoms with Gasteiger partial charge in [0, 0.05) is 11.9 Å². The minimum Gasteiger partial charge on any atom is -0.388 e. The van der Waals surface area contributed by atoms with E-state index in [-0.39, 0.29) is 11.4 Å². The SMILES string of the molecule is FC(F)c1c(CCl)cc(OC(F)(F)F)nc1Br. The van der Waals surface area contributed by atoms with E-state index in [9.17, 15) is 22.0 Å². The number of hydrogen-bond acceptors (Lipinski definition) is 2. The van der Waals surface area contributed by atoms with Crippen molar-refractivity contribution >= 4 is 27.5 Å². The number of halogens is 7. The van der Waals surface area contributed by atoms with E-state index < -0.39 is 28.8 Å². The standard InChI is InChI=1S/C8H4BrClF5NO/c9-6-5(7(11)12)3(2-10)1-4(16-6)17-8(13,14)15/h1,7H,2H2. The Labute approximate surface area is 106 Å². The summed E-state index contributed by atoms with van der Waals surface area (Å²) in [5, 5.41) is 0. The molecule has 17 heavy (non-hydrogen) atoms. The van der Waals surface area contributed by atoms with Crippen molar-refractivity contribution in [3.63, 3.8) is 0 Å². The van der Waals surface area contributed by atoms with Gasteiger partial charge in [-0.3, -0.25) is 0 Å². The molecule has 0 aliphatic carbocycles. The summed E-state index contributed by atoms with van der Waals surface area (Å²) in [5.41, 5.74) is -0.725. The highest BCUT2D eigenvalue weighted by atomic mass is 79.9. The first-order valence-corrected chi connectivity index (χ1v) is 5.36. The second kappa shape index (κ2) is 5.34. The summed E-state index contributed by atoms with van der Waals surface area (Å²) in [5.74, 6) is -1.22. The highest BCUT2D eigenvalue weighted by Gasteiger charge is 2.32. The largest absolute Gasteiger partial charge is 0.574 e. The van der Waals surface area contributed by atoms with Gasteiger partial charge in [-0.15, -0.1) is 24.8 Å². The molecule has 0 atom stereocenters. The van der Waals surface area contributed by atoms with Crippen LogP contribution < -0.4 is 4.74 Å². The van der Waals surface area contributed by atoms with Gasteiger partial charge >= 0.3 is 6.36 Å². The van der Waals surface area contributed by atoms with Gasteiger partial charge in [-0.25, -0.2) is 13.8 Å². The van der Waals surface area contributed by atoms with E-state index in [4.69, 9.17) is 11.6 Å². The molecule has 0 saturated carbocycles. The molecule has 0 radical (unpaired) electrons. The second-order valence-electron chi connectivity index (χ2n) is 2.81. The van der Waals surface area contributed by atoms with E-state index in [1.807, 2.05) is 0 Å². The molecule has 0 N–H and O–H groups in total. The highest BCUT2D eigenvalue weighted by molar-refractivity contribution is 9.10. The quantitative estimate of drug-likeness (QED) is 0.462. The van der Waals surface area contributed by atoms with E-state index >= 15 is 0 Å². The van der Waals surface area contributed by atoms with Crippen molar-refractivity contribution in [1.29, 1.82) is 0 Å². The number of nitrogens with zero attached hydrogens (tertiary/aromatic N) is 1. The van der Waals surface area contributed by atoms with Crippen molar-refractivity contribution in [2.75, 3.05) is 0 Å². The maximum absolute atomic E-state index is 12.6. The van der Waals surface area contributed by atoms with E-state index in [1.54, 1.807) is 0 Å². The molecule has 0 unspecified atom stereocenters. The first-order chi connectivity index (χ1) is 7.74. The molecule has 0 saturated heterocycles. The minimum absolute atomic E-state index is 0.178. The third kappa shape index (κ3) is 3.95. The van der Waals surface area contributed by atoms with Crippen LogP contribution in [0.1, 0.15) is 17.6 Å². The maximum Gasteiger partial charge on any atom is 0.574 e. The zero-order valence-corrected chi connectivity index (χ0v) is 10.2. The Balaban J connectivity index is 3.18. The molecule has 0 spiro atoms. The smallest absolute Gasteiger partial charge is 0.388 e. The zero-order chi connectivity index (χ0) is 13.2. The summed E-state index contributed by atoms with van der Waals surface area (Å²) in [6.45, 7) is 0. The lowest BCUT2D eigenvalue weighted by molar-refractivity contribution is -0.276. The van der Waals surface area contributed by atoms with E-state index in [0.717, 1.165) is 6.07 Å². The number of ether oxygens (including phenoxy) is 1. The summed E-state index contributed by atoms with van der Waals surface area (Å²) < 4.78 is 63.9. The van der Waals surface area contributed by atoms with Gasteiger partial charge in [-0.05, 0) is 21.5 Å². The van der Waals surface area contributed by atoms with Gasteiger partial charge in [0.2, 0.25) is 5.88 Å². The Kier molecular flexibility index (Phi) is 4.54. The molecule has 2 nitrogen and oxygen atoms in total. The van der Waals surface area contributed by atoms with Crippen LogP contribution in [-0.4, -0.2) is 11.3 Å². The van der Waals surface area contributed by atoms with Crippen LogP contribution in [0.3, 0.4) is 0 Å². The topological polar surface area (TPSA) is 22.1 Å². The van der Waals surface area contributed by atoms with Crippen molar-refractivity contribution in [3.8, 4) is 5.88 Å². The number of hydrogen-bond donors (Lipinski definition) is 0. The molecular formula is C8H4BrClF5NO. The van der Waals surface area contributed by atoms with Crippen LogP contribution in [0.25, 0.3) is 0 Å². The minimum atomic E-state index is -4.94. The van der Waals surface area contributed by atoms with Crippen LogP contribution in [0, 0.1) is 0 Å². The zero-order valence-electron chi connectivity index (χ0n) is 7.86. The average Bonchev–Trinajstić information content (AvgIpc) is 2.12. The first-order valence-electron chi connectivity index (χ1n) is 4.03. The molecule has 0 aromatic carbocycles. The fraction of sp³-hybridized carbons (Fsp3) is 0.375. The van der Waals surface area contributed by atoms with Gasteiger partial charge in [-0.1, -0.05) is 0 Å². The van der Waals surface area contributed by atoms with Gasteiger partial charge in [0.15, 0.2) is 0 Å². The van der Waals surface area contributed by atoms with Crippen LogP contribution >= 0.6 is 27.5 Å². The molecule has 1 rings (SSSR count). The van der Waals surface area contributed by atoms with Gasteiger partial charge in [0.25, 0.3) is 6.43 Å². The Bertz CT molecular complexity index is 412. The Hall–Kier alpha value is -0.630. The molecule has 1 aromatic heterocycles. The van der Waals surface area contributed by atoms with Crippen molar-refractivity contribution in [2.24, 2.45) is 0 Å². The van der Waals surface area contributed by atoms with Crippen molar-refractivity contribution in [1.82, 2.24) is 4.98 Å². The number of alkyl halides is 6. The summed E-state index contributed by atoms with van der Waals surface area (Å²) in [7, 11) is 0. The molecule has 1 aromatic rings. The number of pyridine rings is 1. The van der Waals surface area contributed by atoms with Crippen molar-refractivity contribution in [2.45, 2.75) is 18.7 Å². The van der Waals surface area contributed by atoms with Gasteiger partial charge in [0.05, 0.1) is 5.56 Å². The maximum atomic E-state index is 12.6. The molecule has 0 amide bonds. The van der Waals surface area contributed by atoms with Gasteiger partial charge in [0.1, 0.15) is 4.60 Å². The van der Waals surface area contributed by atoms with E-state index in [0.29, 0.717) is 0 Å². The highest BCUT2D eigenvalue weighted by Crippen LogP contribution is 2.34. The van der Waals surface area contributed by atoms with Crippen LogP contribution in [0.4, 0.5) is 22.0 Å². The fourth-order valence-corrected chi connectivity index (χ4v) is 1.88. The Morgan fingerprint density at radius 3 is 2.41 bits per heavy atom. The van der Waals surface area contributed by atoms with Crippen molar-refractivity contribution < 1.29 is 26.7 Å². The Morgan fingerprint density at radius 1 is 1.41 bits per heavy atom. The molecule has 96 valence electrons. The predicted octanol–water partition coefficient (Wildman–Crippen LogP) is 4.42. The summed E-state index contributed by atoms with van der Waals surface area (Å²) in [6.07, 6.45) is -7.84. The molecule has 0 fully saturated rings. The Morgan fingerprint density at radius 2 is 2.00 bits per heavy atom. The lowest BCUT2D eigenvalue weighted by Crippen LogP contribution is -2.18. The molecule has 0 aliphatic rings. The lowest BCUT2D eigenvalue weighted by atomic mass is 10.2. The number of aromatic nitrogens is 1. The third-order valence-electron chi connectivity index (χ3n) is 1.66. The van der Waals surface area contributed by atoms with E-state index in [1.165, 1.54) is 0 Å². The predicted molar refractivity (Wildman–Crippen MR) is 53.1 cm³/mol. The van der Waals surface area contributed by atoms with E-state index in [2.05, 4.69) is 25.7 Å². The number of rotatable bonds is 3. The van der Waals surface area contributed by atoms with Crippen LogP contribution in [0.5, 0.6) is 5.88 Å². The van der Waals surface area contributed by atoms with Crippen LogP contribution in [-0.2, 0) is 5.88 Å². The molecular weight excluding hydrogens is 336 g/mol. The summed E-state index contributed by atoms with van der Waals surface area (Å²) >= 11 is 8.02. The second-order valence-corrected chi connectivity index (χ2v) is 3.82. The molecule has 9 heteroatoms. The molecule has 1 heterocycles. The lowest BCUT2D eigenvalue weighted by Gasteiger charge is -2.12. The van der Waals surface area contributed by atoms with Gasteiger partial charge < -0.3 is 4.74 Å². The van der Waals surface area contributed by atoms with Crippen LogP contribution in [0.2, 0.25) is 0 Å². The summed E-state index contributed by atoms with van der Waals surface area (Å²) in [4.78, 5) is 3.22. The average molecular weight is 340 g/mol. The van der Waals surface area contributed by atoms with Gasteiger partial charge in [-0.2, -0.15) is 0 Å². The first kappa shape index (κ1) is 14.4. The van der Waals surface area contributed by atoms with Crippen molar-refractivity contribution in [3.05, 3.63) is 21.8 Å². The normalized spacial score (nSPS) is 12.0. The molecule has 0 bridgehead atoms. The monoisotopic (exact) mass is 339 g/mol. The van der Waals surface area contributed by atoms with Crippen LogP contribution in [0.15, 0.2) is 10.7 Å². The third-order valence-corrected chi connectivity index (χ3v) is 2.55.